The summed E-state index contributed by atoms with van der Waals surface area (Å²) in [5.74, 6) is 3.79. The van der Waals surface area contributed by atoms with Gasteiger partial charge >= 0.3 is 0 Å². The predicted molar refractivity (Wildman–Crippen MR) is 52.9 cm³/mol. The molecule has 0 N–H and O–H groups in total. The molecule has 0 aromatic heterocycles. The molecule has 0 radical (unpaired) electrons. The molecule has 1 saturated heterocycles. The molecule has 4 nitrogen and oxygen atoms in total. The van der Waals surface area contributed by atoms with Crippen LogP contribution < -0.4 is 0 Å². The minimum atomic E-state index is 0.583. The molecule has 0 bridgehead atoms. The smallest absolute Gasteiger partial charge is 0.147 e. The Kier molecular flexibility index (Phi) is 2.17. The largest absolute Gasteiger partial charge is 0.324 e. The van der Waals surface area contributed by atoms with E-state index in [2.05, 4.69) is 39.7 Å². The van der Waals surface area contributed by atoms with Crippen molar-refractivity contribution in [2.24, 2.45) is 10.2 Å². The number of nitrogens with zero attached hydrogens (tertiary/aromatic N) is 4. The summed E-state index contributed by atoms with van der Waals surface area (Å²) in [6.07, 6.45) is 1.88. The zero-order chi connectivity index (χ0) is 9.26. The lowest BCUT2D eigenvalue weighted by Crippen LogP contribution is -2.50. The summed E-state index contributed by atoms with van der Waals surface area (Å²) in [6, 6.07) is 0.583. The van der Waals surface area contributed by atoms with Crippen molar-refractivity contribution in [2.75, 3.05) is 19.6 Å². The molecule has 13 heavy (non-hydrogen) atoms. The van der Waals surface area contributed by atoms with Gasteiger partial charge in [0, 0.05) is 25.0 Å². The van der Waals surface area contributed by atoms with Crippen LogP contribution in [0.4, 0.5) is 0 Å². The zero-order valence-electron chi connectivity index (χ0n) is 8.06. The van der Waals surface area contributed by atoms with E-state index in [9.17, 15) is 0 Å². The van der Waals surface area contributed by atoms with Crippen molar-refractivity contribution in [3.05, 3.63) is 6.20 Å². The number of hydrogen-bond acceptors (Lipinski definition) is 4. The molecular weight excluding hydrogens is 164 g/mol. The van der Waals surface area contributed by atoms with Crippen LogP contribution in [0, 0.1) is 0 Å². The van der Waals surface area contributed by atoms with Gasteiger partial charge in [-0.1, -0.05) is 0 Å². The molecule has 0 atom stereocenters. The van der Waals surface area contributed by atoms with Crippen molar-refractivity contribution in [3.63, 3.8) is 0 Å². The summed E-state index contributed by atoms with van der Waals surface area (Å²) in [4.78, 5) is 4.51. The Balaban J connectivity index is 2.09. The fourth-order valence-electron chi connectivity index (χ4n) is 1.57. The van der Waals surface area contributed by atoms with Crippen LogP contribution in [-0.2, 0) is 0 Å². The van der Waals surface area contributed by atoms with Crippen LogP contribution in [0.25, 0.3) is 0 Å². The van der Waals surface area contributed by atoms with Crippen molar-refractivity contribution < 1.29 is 0 Å². The van der Waals surface area contributed by atoms with E-state index in [1.165, 1.54) is 0 Å². The first-order chi connectivity index (χ1) is 6.27. The third-order valence-electron chi connectivity index (χ3n) is 2.47. The van der Waals surface area contributed by atoms with Crippen molar-refractivity contribution >= 4 is 11.7 Å². The average molecular weight is 178 g/mol. The lowest BCUT2D eigenvalue weighted by Gasteiger charge is -2.36. The molecule has 0 unspecified atom stereocenters. The maximum absolute atomic E-state index is 4.07. The van der Waals surface area contributed by atoms with Gasteiger partial charge < -0.3 is 4.90 Å². The second kappa shape index (κ2) is 3.32. The third kappa shape index (κ3) is 1.64. The molecule has 0 amide bonds. The molecule has 4 heteroatoms. The molecule has 1 fully saturated rings. The Morgan fingerprint density at radius 1 is 1.46 bits per heavy atom. The van der Waals surface area contributed by atoms with E-state index < -0.39 is 0 Å². The average Bonchev–Trinajstić information content (AvgIpc) is 2.17. The van der Waals surface area contributed by atoms with Gasteiger partial charge in [-0.2, -0.15) is 0 Å². The quantitative estimate of drug-likeness (QED) is 0.586. The summed E-state index contributed by atoms with van der Waals surface area (Å²) < 4.78 is 0. The number of amidine groups is 1. The Labute approximate surface area is 78.2 Å². The van der Waals surface area contributed by atoms with Crippen molar-refractivity contribution in [1.82, 2.24) is 9.80 Å². The lowest BCUT2D eigenvalue weighted by molar-refractivity contribution is 0.210. The maximum Gasteiger partial charge on any atom is 0.147 e. The van der Waals surface area contributed by atoms with Gasteiger partial charge in [-0.15, -0.1) is 10.2 Å². The summed E-state index contributed by atoms with van der Waals surface area (Å²) in [6.45, 7) is 7.41. The standard InChI is InChI=1S/C9H14N4/c1-8(2)13-6-5-12-4-3-10-11-9(12)7-13/h4,8H,5-7H2,1-2H3. The molecule has 0 spiro atoms. The molecule has 2 aliphatic rings. The topological polar surface area (TPSA) is 31.2 Å². The van der Waals surface area contributed by atoms with E-state index in [-0.39, 0.29) is 0 Å². The normalized spacial score (nSPS) is 22.1. The van der Waals surface area contributed by atoms with Gasteiger partial charge in [0.1, 0.15) is 5.84 Å². The van der Waals surface area contributed by atoms with Gasteiger partial charge in [0.05, 0.1) is 12.7 Å². The Hall–Kier alpha value is -1.12. The molecule has 0 aromatic carbocycles. The zero-order valence-corrected chi connectivity index (χ0v) is 8.06. The number of fused-ring (bicyclic) bond motifs is 1. The third-order valence-corrected chi connectivity index (χ3v) is 2.47. The van der Waals surface area contributed by atoms with Crippen LogP contribution in [0.5, 0.6) is 0 Å². The van der Waals surface area contributed by atoms with E-state index in [1.807, 2.05) is 6.20 Å². The van der Waals surface area contributed by atoms with Crippen LogP contribution in [0.2, 0.25) is 0 Å². The molecular formula is C9H14N4. The van der Waals surface area contributed by atoms with Crippen molar-refractivity contribution in [3.8, 4) is 0 Å². The van der Waals surface area contributed by atoms with E-state index in [0.29, 0.717) is 6.04 Å². The number of rotatable bonds is 1. The molecule has 2 aliphatic heterocycles. The Morgan fingerprint density at radius 2 is 2.31 bits per heavy atom. The highest BCUT2D eigenvalue weighted by Gasteiger charge is 2.23. The minimum Gasteiger partial charge on any atom is -0.324 e. The van der Waals surface area contributed by atoms with Gasteiger partial charge in [-0.05, 0) is 13.8 Å². The van der Waals surface area contributed by atoms with Crippen LogP contribution in [0.15, 0.2) is 16.4 Å². The summed E-state index contributed by atoms with van der Waals surface area (Å²) in [5.41, 5.74) is 0. The highest BCUT2D eigenvalue weighted by molar-refractivity contribution is 5.88. The summed E-state index contributed by atoms with van der Waals surface area (Å²) in [5, 5.41) is 7.84. The van der Waals surface area contributed by atoms with Crippen LogP contribution in [0.3, 0.4) is 0 Å². The SMILES string of the molecule is CC(C)N1CCN2C=C=NN=C2C1. The van der Waals surface area contributed by atoms with Gasteiger partial charge in [-0.3, -0.25) is 4.90 Å². The van der Waals surface area contributed by atoms with Crippen LogP contribution in [0.1, 0.15) is 13.8 Å². The Bertz CT molecular complexity index is 286. The van der Waals surface area contributed by atoms with Gasteiger partial charge in [0.2, 0.25) is 0 Å². The Morgan fingerprint density at radius 3 is 3.08 bits per heavy atom. The van der Waals surface area contributed by atoms with E-state index in [0.717, 1.165) is 25.5 Å². The van der Waals surface area contributed by atoms with E-state index >= 15 is 0 Å². The molecule has 0 aliphatic carbocycles. The lowest BCUT2D eigenvalue weighted by atomic mass is 10.2. The first kappa shape index (κ1) is 8.48. The van der Waals surface area contributed by atoms with E-state index in [1.54, 1.807) is 0 Å². The maximum atomic E-state index is 4.07. The molecule has 0 saturated carbocycles. The van der Waals surface area contributed by atoms with Gasteiger partial charge in [0.25, 0.3) is 0 Å². The minimum absolute atomic E-state index is 0.583. The first-order valence-electron chi connectivity index (χ1n) is 4.63. The first-order valence-corrected chi connectivity index (χ1v) is 4.63. The van der Waals surface area contributed by atoms with Gasteiger partial charge in [-0.25, -0.2) is 0 Å². The van der Waals surface area contributed by atoms with Crippen molar-refractivity contribution in [2.45, 2.75) is 19.9 Å². The fraction of sp³-hybridized carbons (Fsp3) is 0.667. The monoisotopic (exact) mass is 178 g/mol. The highest BCUT2D eigenvalue weighted by atomic mass is 15.4. The molecule has 0 aromatic rings. The summed E-state index contributed by atoms with van der Waals surface area (Å²) >= 11 is 0. The summed E-state index contributed by atoms with van der Waals surface area (Å²) in [7, 11) is 0. The van der Waals surface area contributed by atoms with Crippen LogP contribution in [-0.4, -0.2) is 47.2 Å². The molecule has 2 rings (SSSR count). The van der Waals surface area contributed by atoms with E-state index in [4.69, 9.17) is 0 Å². The second-order valence-electron chi connectivity index (χ2n) is 3.63. The second-order valence-corrected chi connectivity index (χ2v) is 3.63. The predicted octanol–water partition coefficient (Wildman–Crippen LogP) is 0.523. The molecule has 70 valence electrons. The van der Waals surface area contributed by atoms with Gasteiger partial charge in [0.15, 0.2) is 0 Å². The number of piperazine rings is 1. The number of hydrogen-bond donors (Lipinski definition) is 0. The van der Waals surface area contributed by atoms with Crippen molar-refractivity contribution in [1.29, 1.82) is 0 Å². The molecule has 2 heterocycles. The highest BCUT2D eigenvalue weighted by Crippen LogP contribution is 2.09. The van der Waals surface area contributed by atoms with Crippen LogP contribution >= 0.6 is 0 Å². The fourth-order valence-corrected chi connectivity index (χ4v) is 1.57.